The summed E-state index contributed by atoms with van der Waals surface area (Å²) >= 11 is 6.18. The van der Waals surface area contributed by atoms with Crippen molar-refractivity contribution in [3.8, 4) is 5.75 Å². The molecule has 0 saturated carbocycles. The molecule has 1 N–H and O–H groups in total. The zero-order valence-electron chi connectivity index (χ0n) is 15.8. The first-order valence-corrected chi connectivity index (χ1v) is 9.94. The topological polar surface area (TPSA) is 41.6 Å². The van der Waals surface area contributed by atoms with E-state index in [0.29, 0.717) is 24.4 Å². The summed E-state index contributed by atoms with van der Waals surface area (Å²) in [5.41, 5.74) is 2.14. The molecule has 1 fully saturated rings. The van der Waals surface area contributed by atoms with Crippen molar-refractivity contribution in [1.82, 2.24) is 10.2 Å². The van der Waals surface area contributed by atoms with Crippen molar-refractivity contribution in [3.05, 3.63) is 64.7 Å². The smallest absolute Gasteiger partial charge is 0.220 e. The molecule has 0 bridgehead atoms. The molecule has 1 atom stereocenters. The van der Waals surface area contributed by atoms with Crippen LogP contribution in [0.5, 0.6) is 5.75 Å². The zero-order valence-corrected chi connectivity index (χ0v) is 16.5. The fraction of sp³-hybridized carbons (Fsp3) is 0.409. The number of aryl methyl sites for hydroxylation is 1. The van der Waals surface area contributed by atoms with Gasteiger partial charge in [-0.3, -0.25) is 9.69 Å². The van der Waals surface area contributed by atoms with Crippen LogP contribution in [0.3, 0.4) is 0 Å². The largest absolute Gasteiger partial charge is 0.496 e. The summed E-state index contributed by atoms with van der Waals surface area (Å²) in [5.74, 6) is 0.925. The molecule has 0 aliphatic carbocycles. The SMILES string of the molecule is COc1ccccc1C(CNC(=O)CCc1ccccc1Cl)N1CCCC1. The van der Waals surface area contributed by atoms with Crippen LogP contribution in [0.15, 0.2) is 48.5 Å². The number of para-hydroxylation sites is 1. The van der Waals surface area contributed by atoms with Crippen LogP contribution in [0.25, 0.3) is 0 Å². The number of carbonyl (C=O) groups excluding carboxylic acids is 1. The van der Waals surface area contributed by atoms with Crippen LogP contribution >= 0.6 is 11.6 Å². The van der Waals surface area contributed by atoms with Gasteiger partial charge in [0.15, 0.2) is 0 Å². The van der Waals surface area contributed by atoms with Gasteiger partial charge in [-0.15, -0.1) is 0 Å². The van der Waals surface area contributed by atoms with Crippen molar-refractivity contribution in [3.63, 3.8) is 0 Å². The molecule has 2 aromatic rings. The molecule has 3 rings (SSSR count). The minimum absolute atomic E-state index is 0.0500. The van der Waals surface area contributed by atoms with Gasteiger partial charge in [-0.1, -0.05) is 48.0 Å². The average molecular weight is 387 g/mol. The molecule has 0 radical (unpaired) electrons. The molecule has 1 amide bonds. The molecular weight excluding hydrogens is 360 g/mol. The lowest BCUT2D eigenvalue weighted by Crippen LogP contribution is -2.37. The second kappa shape index (κ2) is 9.77. The fourth-order valence-corrected chi connectivity index (χ4v) is 3.91. The van der Waals surface area contributed by atoms with Crippen LogP contribution in [0.1, 0.15) is 36.4 Å². The Morgan fingerprint density at radius 2 is 1.85 bits per heavy atom. The van der Waals surface area contributed by atoms with Gasteiger partial charge >= 0.3 is 0 Å². The molecule has 0 aromatic heterocycles. The summed E-state index contributed by atoms with van der Waals surface area (Å²) in [5, 5.41) is 3.84. The van der Waals surface area contributed by atoms with E-state index in [1.54, 1.807) is 7.11 Å². The van der Waals surface area contributed by atoms with Gasteiger partial charge in [0, 0.05) is 23.6 Å². The van der Waals surface area contributed by atoms with Gasteiger partial charge in [-0.25, -0.2) is 0 Å². The van der Waals surface area contributed by atoms with Gasteiger partial charge in [0.1, 0.15) is 5.75 Å². The normalized spacial score (nSPS) is 15.5. The van der Waals surface area contributed by atoms with E-state index in [-0.39, 0.29) is 11.9 Å². The molecule has 1 aliphatic heterocycles. The highest BCUT2D eigenvalue weighted by molar-refractivity contribution is 6.31. The van der Waals surface area contributed by atoms with Crippen molar-refractivity contribution in [2.75, 3.05) is 26.7 Å². The Kier molecular flexibility index (Phi) is 7.13. The van der Waals surface area contributed by atoms with Crippen molar-refractivity contribution < 1.29 is 9.53 Å². The summed E-state index contributed by atoms with van der Waals surface area (Å²) in [7, 11) is 1.70. The second-order valence-electron chi connectivity index (χ2n) is 6.90. The zero-order chi connectivity index (χ0) is 19.1. The molecule has 1 unspecified atom stereocenters. The lowest BCUT2D eigenvalue weighted by Gasteiger charge is -2.29. The van der Waals surface area contributed by atoms with E-state index in [1.165, 1.54) is 12.8 Å². The maximum Gasteiger partial charge on any atom is 0.220 e. The highest BCUT2D eigenvalue weighted by Crippen LogP contribution is 2.31. The van der Waals surface area contributed by atoms with Crippen molar-refractivity contribution in [2.45, 2.75) is 31.7 Å². The molecule has 5 heteroatoms. The molecule has 4 nitrogen and oxygen atoms in total. The monoisotopic (exact) mass is 386 g/mol. The van der Waals surface area contributed by atoms with Crippen LogP contribution in [0.2, 0.25) is 5.02 Å². The second-order valence-corrected chi connectivity index (χ2v) is 7.30. The Morgan fingerprint density at radius 1 is 1.15 bits per heavy atom. The molecule has 1 aliphatic rings. The first-order chi connectivity index (χ1) is 13.2. The van der Waals surface area contributed by atoms with Crippen LogP contribution in [-0.2, 0) is 11.2 Å². The van der Waals surface area contributed by atoms with E-state index in [9.17, 15) is 4.79 Å². The first kappa shape index (κ1) is 19.7. The summed E-state index contributed by atoms with van der Waals surface area (Å²) in [6, 6.07) is 15.9. The average Bonchev–Trinajstić information content (AvgIpc) is 3.22. The molecule has 1 heterocycles. The van der Waals surface area contributed by atoms with Crippen molar-refractivity contribution >= 4 is 17.5 Å². The van der Waals surface area contributed by atoms with E-state index >= 15 is 0 Å². The third-order valence-electron chi connectivity index (χ3n) is 5.15. The number of likely N-dealkylation sites (tertiary alicyclic amines) is 1. The lowest BCUT2D eigenvalue weighted by atomic mass is 10.0. The van der Waals surface area contributed by atoms with E-state index < -0.39 is 0 Å². The number of methoxy groups -OCH3 is 1. The molecule has 0 spiro atoms. The van der Waals surface area contributed by atoms with E-state index in [2.05, 4.69) is 16.3 Å². The molecule has 27 heavy (non-hydrogen) atoms. The fourth-order valence-electron chi connectivity index (χ4n) is 3.68. The third-order valence-corrected chi connectivity index (χ3v) is 5.52. The van der Waals surface area contributed by atoms with Crippen LogP contribution in [-0.4, -0.2) is 37.6 Å². The van der Waals surface area contributed by atoms with Crippen LogP contribution in [0.4, 0.5) is 0 Å². The highest BCUT2D eigenvalue weighted by Gasteiger charge is 2.26. The summed E-state index contributed by atoms with van der Waals surface area (Å²) in [6.07, 6.45) is 3.48. The standard InChI is InChI=1S/C22H27ClN2O2/c1-27-21-11-5-3-9-18(21)20(25-14-6-7-15-25)16-24-22(26)13-12-17-8-2-4-10-19(17)23/h2-5,8-11,20H,6-7,12-16H2,1H3,(H,24,26). The van der Waals surface area contributed by atoms with Gasteiger partial charge in [0.25, 0.3) is 0 Å². The summed E-state index contributed by atoms with van der Waals surface area (Å²) in [4.78, 5) is 14.9. The predicted molar refractivity (Wildman–Crippen MR) is 109 cm³/mol. The number of amides is 1. The Labute approximate surface area is 166 Å². The summed E-state index contributed by atoms with van der Waals surface area (Å²) < 4.78 is 5.56. The number of benzene rings is 2. The maximum atomic E-state index is 12.4. The molecule has 2 aromatic carbocycles. The Balaban J connectivity index is 1.62. The van der Waals surface area contributed by atoms with Crippen molar-refractivity contribution in [2.24, 2.45) is 0 Å². The Bertz CT molecular complexity index is 759. The van der Waals surface area contributed by atoms with Gasteiger partial charge in [-0.2, -0.15) is 0 Å². The summed E-state index contributed by atoms with van der Waals surface area (Å²) in [6.45, 7) is 2.69. The van der Waals surface area contributed by atoms with Crippen molar-refractivity contribution in [1.29, 1.82) is 0 Å². The first-order valence-electron chi connectivity index (χ1n) is 9.56. The van der Waals surface area contributed by atoms with Gasteiger partial charge in [-0.05, 0) is 50.0 Å². The third kappa shape index (κ3) is 5.24. The number of hydrogen-bond donors (Lipinski definition) is 1. The van der Waals surface area contributed by atoms with Crippen LogP contribution in [0, 0.1) is 0 Å². The maximum absolute atomic E-state index is 12.4. The minimum atomic E-state index is 0.0500. The number of carbonyl (C=O) groups is 1. The minimum Gasteiger partial charge on any atom is -0.496 e. The molecule has 1 saturated heterocycles. The van der Waals surface area contributed by atoms with Gasteiger partial charge < -0.3 is 10.1 Å². The number of ether oxygens (including phenoxy) is 1. The Hall–Kier alpha value is -2.04. The Morgan fingerprint density at radius 3 is 2.59 bits per heavy atom. The lowest BCUT2D eigenvalue weighted by molar-refractivity contribution is -0.121. The number of halogens is 1. The quantitative estimate of drug-likeness (QED) is 0.738. The number of nitrogens with one attached hydrogen (secondary N) is 1. The van der Waals surface area contributed by atoms with Gasteiger partial charge in [0.05, 0.1) is 13.2 Å². The highest BCUT2D eigenvalue weighted by atomic mass is 35.5. The van der Waals surface area contributed by atoms with Crippen LogP contribution < -0.4 is 10.1 Å². The molecular formula is C22H27ClN2O2. The van der Waals surface area contributed by atoms with E-state index in [4.69, 9.17) is 16.3 Å². The van der Waals surface area contributed by atoms with Gasteiger partial charge in [0.2, 0.25) is 5.91 Å². The van der Waals surface area contributed by atoms with E-state index in [0.717, 1.165) is 30.0 Å². The number of nitrogens with zero attached hydrogens (tertiary/aromatic N) is 1. The van der Waals surface area contributed by atoms with E-state index in [1.807, 2.05) is 42.5 Å². The number of rotatable bonds is 8. The predicted octanol–water partition coefficient (Wildman–Crippen LogP) is 4.23. The number of hydrogen-bond acceptors (Lipinski definition) is 3. The molecule has 144 valence electrons.